The molecule has 0 aromatic rings. The molecule has 3 nitrogen and oxygen atoms in total. The minimum Gasteiger partial charge on any atom is -0.344 e. The third-order valence-electron chi connectivity index (χ3n) is 1.98. The van der Waals surface area contributed by atoms with E-state index in [1.54, 1.807) is 18.2 Å². The number of allylic oxidation sites excluding steroid dienone is 2. The van der Waals surface area contributed by atoms with Gasteiger partial charge in [-0.3, -0.25) is 4.79 Å². The van der Waals surface area contributed by atoms with Gasteiger partial charge in [0.15, 0.2) is 0 Å². The fourth-order valence-electron chi connectivity index (χ4n) is 1.26. The summed E-state index contributed by atoms with van der Waals surface area (Å²) in [5.74, 6) is -1.46. The molecule has 0 saturated carbocycles. The summed E-state index contributed by atoms with van der Waals surface area (Å²) >= 11 is 0. The summed E-state index contributed by atoms with van der Waals surface area (Å²) < 4.78 is 10.5. The Balaban J connectivity index is 2.91. The zero-order valence-electron chi connectivity index (χ0n) is 8.45. The number of hydrogen-bond donors (Lipinski definition) is 0. The van der Waals surface area contributed by atoms with Crippen molar-refractivity contribution in [3.8, 4) is 0 Å². The van der Waals surface area contributed by atoms with Gasteiger partial charge in [0.05, 0.1) is 6.61 Å². The van der Waals surface area contributed by atoms with Crippen LogP contribution in [0.15, 0.2) is 36.5 Å². The van der Waals surface area contributed by atoms with Crippen molar-refractivity contribution >= 4 is 5.78 Å². The first-order valence-corrected chi connectivity index (χ1v) is 4.36. The van der Waals surface area contributed by atoms with Crippen molar-refractivity contribution < 1.29 is 14.3 Å². The van der Waals surface area contributed by atoms with Crippen molar-refractivity contribution in [2.24, 2.45) is 0 Å². The van der Waals surface area contributed by atoms with E-state index in [0.717, 1.165) is 5.57 Å². The van der Waals surface area contributed by atoms with Crippen molar-refractivity contribution in [1.29, 1.82) is 0 Å². The van der Waals surface area contributed by atoms with Crippen molar-refractivity contribution in [2.75, 3.05) is 13.7 Å². The van der Waals surface area contributed by atoms with E-state index in [1.807, 2.05) is 6.92 Å². The molecule has 0 spiro atoms. The second-order valence-corrected chi connectivity index (χ2v) is 3.06. The Morgan fingerprint density at radius 3 is 2.86 bits per heavy atom. The molecule has 76 valence electrons. The highest BCUT2D eigenvalue weighted by Crippen LogP contribution is 2.23. The molecule has 3 heteroatoms. The smallest absolute Gasteiger partial charge is 0.254 e. The minimum atomic E-state index is -1.26. The second-order valence-electron chi connectivity index (χ2n) is 3.06. The third-order valence-corrected chi connectivity index (χ3v) is 1.98. The van der Waals surface area contributed by atoms with Crippen LogP contribution in [0, 0.1) is 0 Å². The van der Waals surface area contributed by atoms with Gasteiger partial charge in [0.2, 0.25) is 5.78 Å². The quantitative estimate of drug-likeness (QED) is 0.504. The van der Waals surface area contributed by atoms with E-state index >= 15 is 0 Å². The number of carbonyl (C=O) groups is 1. The van der Waals surface area contributed by atoms with Crippen LogP contribution in [-0.4, -0.2) is 25.3 Å². The number of methoxy groups -OCH3 is 1. The van der Waals surface area contributed by atoms with Crippen molar-refractivity contribution in [2.45, 2.75) is 12.7 Å². The number of ketones is 1. The van der Waals surface area contributed by atoms with Crippen molar-refractivity contribution in [3.05, 3.63) is 36.5 Å². The summed E-state index contributed by atoms with van der Waals surface area (Å²) in [7, 11) is 1.45. The molecule has 0 fully saturated rings. The van der Waals surface area contributed by atoms with E-state index in [9.17, 15) is 4.79 Å². The van der Waals surface area contributed by atoms with Crippen LogP contribution in [-0.2, 0) is 14.3 Å². The molecule has 0 radical (unpaired) electrons. The SMILES string of the molecule is C=CCOC1(OC)C=C(C)C=CC1=O. The summed E-state index contributed by atoms with van der Waals surface area (Å²) in [4.78, 5) is 11.6. The monoisotopic (exact) mass is 194 g/mol. The number of carbonyl (C=O) groups excluding carboxylic acids is 1. The Hall–Kier alpha value is -1.19. The van der Waals surface area contributed by atoms with Crippen LogP contribution in [0.5, 0.6) is 0 Å². The Morgan fingerprint density at radius 2 is 2.29 bits per heavy atom. The van der Waals surface area contributed by atoms with Crippen LogP contribution in [0.1, 0.15) is 6.92 Å². The van der Waals surface area contributed by atoms with Crippen LogP contribution in [0.3, 0.4) is 0 Å². The molecule has 0 saturated heterocycles. The molecular formula is C11H14O3. The maximum Gasteiger partial charge on any atom is 0.254 e. The topological polar surface area (TPSA) is 35.5 Å². The van der Waals surface area contributed by atoms with E-state index in [-0.39, 0.29) is 12.4 Å². The zero-order valence-corrected chi connectivity index (χ0v) is 8.45. The van der Waals surface area contributed by atoms with Gasteiger partial charge in [-0.05, 0) is 24.6 Å². The molecular weight excluding hydrogens is 180 g/mol. The maximum atomic E-state index is 11.6. The lowest BCUT2D eigenvalue weighted by Crippen LogP contribution is -2.42. The van der Waals surface area contributed by atoms with E-state index in [0.29, 0.717) is 0 Å². The average molecular weight is 194 g/mol. The van der Waals surface area contributed by atoms with E-state index < -0.39 is 5.79 Å². The summed E-state index contributed by atoms with van der Waals surface area (Å²) in [6.45, 7) is 5.68. The highest BCUT2D eigenvalue weighted by Gasteiger charge is 2.37. The fraction of sp³-hybridized carbons (Fsp3) is 0.364. The molecule has 14 heavy (non-hydrogen) atoms. The second kappa shape index (κ2) is 4.35. The van der Waals surface area contributed by atoms with Crippen molar-refractivity contribution in [1.82, 2.24) is 0 Å². The summed E-state index contributed by atoms with van der Waals surface area (Å²) in [6.07, 6.45) is 6.44. The molecule has 0 N–H and O–H groups in total. The van der Waals surface area contributed by atoms with E-state index in [2.05, 4.69) is 6.58 Å². The highest BCUT2D eigenvalue weighted by atomic mass is 16.7. The predicted octanol–water partition coefficient (Wildman–Crippen LogP) is 1.62. The zero-order chi connectivity index (χ0) is 10.6. The van der Waals surface area contributed by atoms with Gasteiger partial charge in [-0.2, -0.15) is 0 Å². The largest absolute Gasteiger partial charge is 0.344 e. The van der Waals surface area contributed by atoms with Crippen LogP contribution in [0.4, 0.5) is 0 Å². The van der Waals surface area contributed by atoms with Gasteiger partial charge in [-0.25, -0.2) is 0 Å². The maximum absolute atomic E-state index is 11.6. The Morgan fingerprint density at radius 1 is 1.57 bits per heavy atom. The Bertz CT molecular complexity index is 302. The van der Waals surface area contributed by atoms with E-state index in [1.165, 1.54) is 13.2 Å². The first kappa shape index (κ1) is 10.9. The number of hydrogen-bond acceptors (Lipinski definition) is 3. The molecule has 1 atom stereocenters. The van der Waals surface area contributed by atoms with Gasteiger partial charge >= 0.3 is 0 Å². The molecule has 1 aliphatic rings. The standard InChI is InChI=1S/C11H14O3/c1-4-7-14-11(13-3)8-9(2)5-6-10(11)12/h4-6,8H,1,7H2,2-3H3. The third kappa shape index (κ3) is 2.00. The molecule has 1 aliphatic carbocycles. The lowest BCUT2D eigenvalue weighted by Gasteiger charge is -2.28. The summed E-state index contributed by atoms with van der Waals surface area (Å²) in [5, 5.41) is 0. The minimum absolute atomic E-state index is 0.201. The van der Waals surface area contributed by atoms with Gasteiger partial charge in [0.1, 0.15) is 0 Å². The van der Waals surface area contributed by atoms with Crippen LogP contribution in [0.25, 0.3) is 0 Å². The summed E-state index contributed by atoms with van der Waals surface area (Å²) in [5.41, 5.74) is 0.940. The summed E-state index contributed by atoms with van der Waals surface area (Å²) in [6, 6.07) is 0. The first-order chi connectivity index (χ1) is 6.64. The molecule has 0 aromatic carbocycles. The van der Waals surface area contributed by atoms with Gasteiger partial charge in [0, 0.05) is 7.11 Å². The molecule has 0 bridgehead atoms. The molecule has 1 unspecified atom stereocenters. The van der Waals surface area contributed by atoms with Gasteiger partial charge < -0.3 is 9.47 Å². The normalized spacial score (nSPS) is 26.1. The van der Waals surface area contributed by atoms with Gasteiger partial charge in [-0.1, -0.05) is 12.2 Å². The lowest BCUT2D eigenvalue weighted by molar-refractivity contribution is -0.187. The van der Waals surface area contributed by atoms with Crippen molar-refractivity contribution in [3.63, 3.8) is 0 Å². The number of ether oxygens (including phenoxy) is 2. The Labute approximate surface area is 83.7 Å². The average Bonchev–Trinajstić information content (AvgIpc) is 2.20. The van der Waals surface area contributed by atoms with Gasteiger partial charge in [0.25, 0.3) is 5.79 Å². The molecule has 0 aliphatic heterocycles. The first-order valence-electron chi connectivity index (χ1n) is 4.36. The lowest BCUT2D eigenvalue weighted by atomic mass is 10.0. The molecule has 0 heterocycles. The van der Waals surface area contributed by atoms with Gasteiger partial charge in [-0.15, -0.1) is 6.58 Å². The highest BCUT2D eigenvalue weighted by molar-refractivity contribution is 5.99. The van der Waals surface area contributed by atoms with Crippen LogP contribution in [0.2, 0.25) is 0 Å². The molecule has 0 aromatic heterocycles. The van der Waals surface area contributed by atoms with E-state index in [4.69, 9.17) is 9.47 Å². The predicted molar refractivity (Wildman–Crippen MR) is 53.8 cm³/mol. The van der Waals surface area contributed by atoms with Crippen LogP contribution < -0.4 is 0 Å². The number of rotatable bonds is 4. The molecule has 1 rings (SSSR count). The Kier molecular flexibility index (Phi) is 3.38. The fourth-order valence-corrected chi connectivity index (χ4v) is 1.26. The molecule has 0 amide bonds. The van der Waals surface area contributed by atoms with Crippen LogP contribution >= 0.6 is 0 Å².